The molecule has 1 aromatic heterocycles. The summed E-state index contributed by atoms with van der Waals surface area (Å²) in [7, 11) is 1.57. The Morgan fingerprint density at radius 3 is 2.59 bits per heavy atom. The number of carbonyl (C=O) groups excluding carboxylic acids is 1. The van der Waals surface area contributed by atoms with Crippen LogP contribution in [0.3, 0.4) is 0 Å². The predicted octanol–water partition coefficient (Wildman–Crippen LogP) is 3.04. The number of nitrogens with one attached hydrogen (secondary N) is 1. The lowest BCUT2D eigenvalue weighted by Crippen LogP contribution is -2.28. The number of hydrogen-bond donors (Lipinski definition) is 1. The summed E-state index contributed by atoms with van der Waals surface area (Å²) in [6.07, 6.45) is 1.92. The molecule has 0 aliphatic carbocycles. The lowest BCUT2D eigenvalue weighted by Gasteiger charge is -2.13. The molecule has 5 nitrogen and oxygen atoms in total. The van der Waals surface area contributed by atoms with E-state index in [1.54, 1.807) is 31.4 Å². The Morgan fingerprint density at radius 1 is 1.15 bits per heavy atom. The molecule has 0 aliphatic rings. The van der Waals surface area contributed by atoms with Crippen molar-refractivity contribution in [2.45, 2.75) is 6.42 Å². The van der Waals surface area contributed by atoms with E-state index in [2.05, 4.69) is 5.32 Å². The number of hydrogen-bond acceptors (Lipinski definition) is 3. The second-order valence-electron chi connectivity index (χ2n) is 5.96. The highest BCUT2D eigenvalue weighted by atomic mass is 19.1. The van der Waals surface area contributed by atoms with Gasteiger partial charge in [0.15, 0.2) is 0 Å². The number of fused-ring (bicyclic) bond motifs is 1. The number of ether oxygens (including phenoxy) is 1. The van der Waals surface area contributed by atoms with Gasteiger partial charge in [0.05, 0.1) is 11.3 Å². The predicted molar refractivity (Wildman–Crippen MR) is 98.3 cm³/mol. The van der Waals surface area contributed by atoms with Gasteiger partial charge >= 0.3 is 0 Å². The average Bonchev–Trinajstić information content (AvgIpc) is 2.66. The molecular weight excluding hydrogens is 354 g/mol. The Labute approximate surface area is 154 Å². The van der Waals surface area contributed by atoms with Gasteiger partial charge < -0.3 is 10.1 Å². The van der Waals surface area contributed by atoms with Gasteiger partial charge in [0.25, 0.3) is 11.5 Å². The Kier molecular flexibility index (Phi) is 5.61. The van der Waals surface area contributed by atoms with Crippen LogP contribution in [0.2, 0.25) is 0 Å². The second-order valence-corrected chi connectivity index (χ2v) is 5.96. The maximum atomic E-state index is 14.2. The summed E-state index contributed by atoms with van der Waals surface area (Å²) < 4.78 is 33.4. The van der Waals surface area contributed by atoms with Crippen LogP contribution in [0.1, 0.15) is 16.8 Å². The first-order valence-corrected chi connectivity index (χ1v) is 8.40. The number of pyridine rings is 1. The van der Waals surface area contributed by atoms with Crippen LogP contribution in [0, 0.1) is 11.6 Å². The van der Waals surface area contributed by atoms with E-state index >= 15 is 0 Å². The minimum atomic E-state index is -0.890. The average molecular weight is 372 g/mol. The fourth-order valence-corrected chi connectivity index (χ4v) is 2.84. The monoisotopic (exact) mass is 372 g/mol. The van der Waals surface area contributed by atoms with Crippen molar-refractivity contribution in [1.82, 2.24) is 9.88 Å². The summed E-state index contributed by atoms with van der Waals surface area (Å²) in [4.78, 5) is 25.4. The molecule has 0 radical (unpaired) electrons. The number of carbonyl (C=O) groups is 1. The Balaban J connectivity index is 2.12. The molecule has 0 unspecified atom stereocenters. The normalized spacial score (nSPS) is 10.9. The number of halogens is 2. The van der Waals surface area contributed by atoms with Crippen LogP contribution in [0.15, 0.2) is 53.5 Å². The van der Waals surface area contributed by atoms with Crippen molar-refractivity contribution in [2.24, 2.45) is 0 Å². The Morgan fingerprint density at radius 2 is 1.89 bits per heavy atom. The first-order valence-electron chi connectivity index (χ1n) is 8.40. The van der Waals surface area contributed by atoms with Gasteiger partial charge in [-0.15, -0.1) is 0 Å². The van der Waals surface area contributed by atoms with Crippen molar-refractivity contribution in [2.75, 3.05) is 20.3 Å². The SMILES string of the molecule is COCCCNC(=O)c1cn(-c2ccc(F)cc2F)c(=O)c2ccccc12. The van der Waals surface area contributed by atoms with Crippen LogP contribution in [-0.4, -0.2) is 30.7 Å². The zero-order chi connectivity index (χ0) is 19.4. The molecule has 2 aromatic carbocycles. The largest absolute Gasteiger partial charge is 0.385 e. The molecule has 1 N–H and O–H groups in total. The number of aromatic nitrogens is 1. The fraction of sp³-hybridized carbons (Fsp3) is 0.200. The molecule has 140 valence electrons. The minimum absolute atomic E-state index is 0.124. The van der Waals surface area contributed by atoms with Crippen molar-refractivity contribution in [3.05, 3.63) is 76.2 Å². The first-order chi connectivity index (χ1) is 13.0. The fourth-order valence-electron chi connectivity index (χ4n) is 2.84. The van der Waals surface area contributed by atoms with Gasteiger partial charge in [0.2, 0.25) is 0 Å². The molecule has 7 heteroatoms. The summed E-state index contributed by atoms with van der Waals surface area (Å²) in [5.74, 6) is -2.03. The third-order valence-corrected chi connectivity index (χ3v) is 4.15. The van der Waals surface area contributed by atoms with Crippen molar-refractivity contribution >= 4 is 16.7 Å². The van der Waals surface area contributed by atoms with Gasteiger partial charge in [0, 0.05) is 43.3 Å². The van der Waals surface area contributed by atoms with Crippen molar-refractivity contribution in [3.8, 4) is 5.69 Å². The van der Waals surface area contributed by atoms with E-state index in [4.69, 9.17) is 4.74 Å². The smallest absolute Gasteiger partial charge is 0.263 e. The summed E-state index contributed by atoms with van der Waals surface area (Å²) in [6.45, 7) is 0.895. The van der Waals surface area contributed by atoms with E-state index < -0.39 is 23.1 Å². The second kappa shape index (κ2) is 8.09. The summed E-state index contributed by atoms with van der Waals surface area (Å²) in [6, 6.07) is 9.53. The maximum absolute atomic E-state index is 14.2. The molecule has 0 aliphatic heterocycles. The topological polar surface area (TPSA) is 60.3 Å². The summed E-state index contributed by atoms with van der Waals surface area (Å²) in [5.41, 5.74) is -0.390. The molecule has 0 bridgehead atoms. The van der Waals surface area contributed by atoms with Crippen LogP contribution in [0.5, 0.6) is 0 Å². The highest BCUT2D eigenvalue weighted by Gasteiger charge is 2.17. The third kappa shape index (κ3) is 3.88. The zero-order valence-corrected chi connectivity index (χ0v) is 14.7. The first kappa shape index (κ1) is 18.7. The van der Waals surface area contributed by atoms with Gasteiger partial charge in [-0.25, -0.2) is 8.78 Å². The summed E-state index contributed by atoms with van der Waals surface area (Å²) in [5, 5.41) is 3.49. The highest BCUT2D eigenvalue weighted by molar-refractivity contribution is 6.06. The van der Waals surface area contributed by atoms with E-state index in [0.717, 1.165) is 10.6 Å². The van der Waals surface area contributed by atoms with Crippen LogP contribution < -0.4 is 10.9 Å². The number of rotatable bonds is 6. The standard InChI is InChI=1S/C20H18F2N2O3/c1-27-10-4-9-23-19(25)16-12-24(18-8-7-13(21)11-17(18)22)20(26)15-6-3-2-5-14(15)16/h2-3,5-8,11-12H,4,9-10H2,1H3,(H,23,25). The van der Waals surface area contributed by atoms with Crippen molar-refractivity contribution in [3.63, 3.8) is 0 Å². The van der Waals surface area contributed by atoms with Gasteiger partial charge in [0.1, 0.15) is 11.6 Å². The van der Waals surface area contributed by atoms with E-state index in [9.17, 15) is 18.4 Å². The molecule has 27 heavy (non-hydrogen) atoms. The molecular formula is C20H18F2N2O3. The van der Waals surface area contributed by atoms with Crippen LogP contribution in [0.25, 0.3) is 16.5 Å². The highest BCUT2D eigenvalue weighted by Crippen LogP contribution is 2.19. The van der Waals surface area contributed by atoms with Crippen molar-refractivity contribution in [1.29, 1.82) is 0 Å². The van der Waals surface area contributed by atoms with E-state index in [-0.39, 0.29) is 16.6 Å². The molecule has 1 heterocycles. The maximum Gasteiger partial charge on any atom is 0.263 e. The molecule has 3 rings (SSSR count). The Bertz CT molecular complexity index is 1050. The molecule has 3 aromatic rings. The number of nitrogens with zero attached hydrogens (tertiary/aromatic N) is 1. The summed E-state index contributed by atoms with van der Waals surface area (Å²) >= 11 is 0. The van der Waals surface area contributed by atoms with Gasteiger partial charge in [-0.05, 0) is 24.6 Å². The van der Waals surface area contributed by atoms with E-state index in [1.165, 1.54) is 12.3 Å². The third-order valence-electron chi connectivity index (χ3n) is 4.15. The minimum Gasteiger partial charge on any atom is -0.385 e. The molecule has 0 saturated heterocycles. The lowest BCUT2D eigenvalue weighted by molar-refractivity contribution is 0.0949. The van der Waals surface area contributed by atoms with Crippen molar-refractivity contribution < 1.29 is 18.3 Å². The molecule has 1 amide bonds. The van der Waals surface area contributed by atoms with E-state index in [1.807, 2.05) is 0 Å². The molecule has 0 spiro atoms. The van der Waals surface area contributed by atoms with Crippen LogP contribution in [0.4, 0.5) is 8.78 Å². The number of methoxy groups -OCH3 is 1. The molecule has 0 fully saturated rings. The zero-order valence-electron chi connectivity index (χ0n) is 14.7. The molecule has 0 saturated carbocycles. The lowest BCUT2D eigenvalue weighted by atomic mass is 10.1. The van der Waals surface area contributed by atoms with Crippen LogP contribution >= 0.6 is 0 Å². The Hall–Kier alpha value is -3.06. The number of benzene rings is 2. The molecule has 0 atom stereocenters. The van der Waals surface area contributed by atoms with E-state index in [0.29, 0.717) is 31.0 Å². The van der Waals surface area contributed by atoms with Crippen LogP contribution in [-0.2, 0) is 4.74 Å². The number of amides is 1. The van der Waals surface area contributed by atoms with Gasteiger partial charge in [-0.2, -0.15) is 0 Å². The van der Waals surface area contributed by atoms with Gasteiger partial charge in [-0.1, -0.05) is 18.2 Å². The quantitative estimate of drug-likeness (QED) is 0.677. The van der Waals surface area contributed by atoms with Gasteiger partial charge in [-0.3, -0.25) is 14.2 Å².